The Morgan fingerprint density at radius 1 is 1.17 bits per heavy atom. The smallest absolute Gasteiger partial charge is 0.240 e. The van der Waals surface area contributed by atoms with Crippen LogP contribution in [0, 0.1) is 5.41 Å². The monoisotopic (exact) mass is 342 g/mol. The van der Waals surface area contributed by atoms with Crippen LogP contribution in [0.3, 0.4) is 0 Å². The molecule has 0 bridgehead atoms. The lowest BCUT2D eigenvalue weighted by molar-refractivity contribution is -0.135. The molecule has 5 nitrogen and oxygen atoms in total. The highest BCUT2D eigenvalue weighted by Gasteiger charge is 2.32. The number of rotatable bonds is 3. The summed E-state index contributed by atoms with van der Waals surface area (Å²) < 4.78 is 10.7. The van der Waals surface area contributed by atoms with Crippen LogP contribution < -0.4 is 15.2 Å². The number of benzene rings is 1. The first-order valence-electron chi connectivity index (χ1n) is 7.56. The van der Waals surface area contributed by atoms with Gasteiger partial charge < -0.3 is 20.1 Å². The zero-order valence-corrected chi connectivity index (χ0v) is 15.3. The maximum absolute atomic E-state index is 12.6. The van der Waals surface area contributed by atoms with Crippen LogP contribution in [0.5, 0.6) is 11.5 Å². The van der Waals surface area contributed by atoms with E-state index in [9.17, 15) is 4.79 Å². The summed E-state index contributed by atoms with van der Waals surface area (Å²) in [7, 11) is 3.25. The molecule has 1 aromatic rings. The minimum Gasteiger partial charge on any atom is -0.493 e. The van der Waals surface area contributed by atoms with Gasteiger partial charge in [-0.15, -0.1) is 12.4 Å². The fraction of sp³-hybridized carbons (Fsp3) is 0.588. The Morgan fingerprint density at radius 3 is 2.17 bits per heavy atom. The summed E-state index contributed by atoms with van der Waals surface area (Å²) >= 11 is 0. The van der Waals surface area contributed by atoms with Crippen LogP contribution in [0.2, 0.25) is 0 Å². The molecular formula is C17H27ClN2O3. The van der Waals surface area contributed by atoms with E-state index in [1.165, 1.54) is 5.56 Å². The summed E-state index contributed by atoms with van der Waals surface area (Å²) in [5, 5.41) is 0. The molecule has 130 valence electrons. The first kappa shape index (κ1) is 19.6. The van der Waals surface area contributed by atoms with Gasteiger partial charge in [0, 0.05) is 13.1 Å². The highest BCUT2D eigenvalue weighted by atomic mass is 35.5. The quantitative estimate of drug-likeness (QED) is 0.916. The lowest BCUT2D eigenvalue weighted by atomic mass is 9.86. The van der Waals surface area contributed by atoms with Crippen molar-refractivity contribution in [3.8, 4) is 11.5 Å². The molecule has 2 N–H and O–H groups in total. The van der Waals surface area contributed by atoms with Crippen molar-refractivity contribution >= 4 is 18.3 Å². The van der Waals surface area contributed by atoms with Crippen molar-refractivity contribution in [3.63, 3.8) is 0 Å². The van der Waals surface area contributed by atoms with Crippen molar-refractivity contribution in [2.75, 3.05) is 20.8 Å². The van der Waals surface area contributed by atoms with Crippen LogP contribution in [-0.4, -0.2) is 37.6 Å². The van der Waals surface area contributed by atoms with Gasteiger partial charge in [0.05, 0.1) is 20.3 Å². The van der Waals surface area contributed by atoms with Crippen molar-refractivity contribution in [2.45, 2.75) is 39.8 Å². The van der Waals surface area contributed by atoms with E-state index in [1.54, 1.807) is 14.2 Å². The number of nitrogens with two attached hydrogens (primary N) is 1. The molecule has 0 saturated heterocycles. The summed E-state index contributed by atoms with van der Waals surface area (Å²) in [6.07, 6.45) is 0.804. The molecule has 0 aromatic heterocycles. The number of carbonyl (C=O) groups is 1. The fourth-order valence-corrected chi connectivity index (χ4v) is 2.64. The molecule has 1 aliphatic rings. The van der Waals surface area contributed by atoms with Gasteiger partial charge >= 0.3 is 0 Å². The average Bonchev–Trinajstić information content (AvgIpc) is 2.50. The summed E-state index contributed by atoms with van der Waals surface area (Å²) in [5.41, 5.74) is 8.17. The Kier molecular flexibility index (Phi) is 6.31. The fourth-order valence-electron chi connectivity index (χ4n) is 2.64. The third kappa shape index (κ3) is 4.09. The second kappa shape index (κ2) is 7.41. The molecule has 0 spiro atoms. The van der Waals surface area contributed by atoms with Crippen molar-refractivity contribution in [2.24, 2.45) is 11.1 Å². The van der Waals surface area contributed by atoms with Crippen LogP contribution in [0.1, 0.15) is 31.9 Å². The third-order valence-electron chi connectivity index (χ3n) is 4.23. The van der Waals surface area contributed by atoms with Crippen molar-refractivity contribution in [1.82, 2.24) is 4.90 Å². The number of halogens is 1. The van der Waals surface area contributed by atoms with Crippen LogP contribution in [-0.2, 0) is 17.8 Å². The summed E-state index contributed by atoms with van der Waals surface area (Å²) in [5.74, 6) is 1.43. The molecule has 1 amide bonds. The van der Waals surface area contributed by atoms with Gasteiger partial charge in [-0.1, -0.05) is 20.8 Å². The first-order valence-corrected chi connectivity index (χ1v) is 7.56. The number of ether oxygens (including phenoxy) is 2. The van der Waals surface area contributed by atoms with E-state index in [1.807, 2.05) is 37.8 Å². The predicted octanol–water partition coefficient (Wildman–Crippen LogP) is 2.38. The standard InChI is InChI=1S/C17H26N2O3.ClH/c1-17(2,3)15(18)16(20)19-7-6-11-8-13(21-4)14(22-5)9-12(11)10-19;/h8-9,15H,6-7,10,18H2,1-5H3;1H. The zero-order valence-electron chi connectivity index (χ0n) is 14.5. The first-order chi connectivity index (χ1) is 10.3. The highest BCUT2D eigenvalue weighted by molar-refractivity contribution is 5.85. The Bertz CT molecular complexity index is 570. The zero-order chi connectivity index (χ0) is 16.5. The normalized spacial score (nSPS) is 15.3. The number of carbonyl (C=O) groups excluding carboxylic acids is 1. The Morgan fingerprint density at radius 2 is 1.70 bits per heavy atom. The van der Waals surface area contributed by atoms with Crippen LogP contribution in [0.15, 0.2) is 12.1 Å². The van der Waals surface area contributed by atoms with Gasteiger partial charge in [0.15, 0.2) is 11.5 Å². The molecule has 1 unspecified atom stereocenters. The summed E-state index contributed by atoms with van der Waals surface area (Å²) in [6.45, 7) is 7.22. The molecule has 1 atom stereocenters. The maximum Gasteiger partial charge on any atom is 0.240 e. The predicted molar refractivity (Wildman–Crippen MR) is 93.3 cm³/mol. The number of hydrogen-bond acceptors (Lipinski definition) is 4. The molecule has 6 heteroatoms. The maximum atomic E-state index is 12.6. The molecular weight excluding hydrogens is 316 g/mol. The summed E-state index contributed by atoms with van der Waals surface area (Å²) in [4.78, 5) is 14.4. The molecule has 1 aromatic carbocycles. The Balaban J connectivity index is 0.00000264. The van der Waals surface area contributed by atoms with Gasteiger partial charge in [-0.2, -0.15) is 0 Å². The van der Waals surface area contributed by atoms with E-state index < -0.39 is 6.04 Å². The second-order valence-electron chi connectivity index (χ2n) is 6.83. The lowest BCUT2D eigenvalue weighted by Crippen LogP contribution is -2.51. The van der Waals surface area contributed by atoms with Gasteiger partial charge in [-0.25, -0.2) is 0 Å². The van der Waals surface area contributed by atoms with Crippen molar-refractivity contribution in [1.29, 1.82) is 0 Å². The summed E-state index contributed by atoms with van der Waals surface area (Å²) in [6, 6.07) is 3.46. The highest BCUT2D eigenvalue weighted by Crippen LogP contribution is 2.33. The van der Waals surface area contributed by atoms with Gasteiger partial charge in [-0.3, -0.25) is 4.79 Å². The molecule has 23 heavy (non-hydrogen) atoms. The minimum atomic E-state index is -0.491. The number of hydrogen-bond donors (Lipinski definition) is 1. The van der Waals surface area contributed by atoms with Crippen molar-refractivity contribution < 1.29 is 14.3 Å². The van der Waals surface area contributed by atoms with E-state index in [2.05, 4.69) is 0 Å². The number of amides is 1. The van der Waals surface area contributed by atoms with E-state index >= 15 is 0 Å². The topological polar surface area (TPSA) is 64.8 Å². The molecule has 1 heterocycles. The van der Waals surface area contributed by atoms with E-state index in [-0.39, 0.29) is 23.7 Å². The van der Waals surface area contributed by atoms with Crippen LogP contribution >= 0.6 is 12.4 Å². The van der Waals surface area contributed by atoms with Gasteiger partial charge in [-0.05, 0) is 35.1 Å². The van der Waals surface area contributed by atoms with Gasteiger partial charge in [0.25, 0.3) is 0 Å². The molecule has 0 fully saturated rings. The van der Waals surface area contributed by atoms with E-state index in [0.717, 1.165) is 17.7 Å². The number of nitrogens with zero attached hydrogens (tertiary/aromatic N) is 1. The van der Waals surface area contributed by atoms with Crippen LogP contribution in [0.4, 0.5) is 0 Å². The molecule has 0 aliphatic carbocycles. The van der Waals surface area contributed by atoms with Gasteiger partial charge in [0.2, 0.25) is 5.91 Å². The Labute approximate surface area is 144 Å². The number of methoxy groups -OCH3 is 2. The third-order valence-corrected chi connectivity index (χ3v) is 4.23. The molecule has 2 rings (SSSR count). The van der Waals surface area contributed by atoms with E-state index in [0.29, 0.717) is 18.8 Å². The van der Waals surface area contributed by atoms with Gasteiger partial charge in [0.1, 0.15) is 0 Å². The number of fused-ring (bicyclic) bond motifs is 1. The van der Waals surface area contributed by atoms with Crippen molar-refractivity contribution in [3.05, 3.63) is 23.3 Å². The lowest BCUT2D eigenvalue weighted by Gasteiger charge is -2.35. The average molecular weight is 343 g/mol. The largest absolute Gasteiger partial charge is 0.493 e. The second-order valence-corrected chi connectivity index (χ2v) is 6.83. The SMILES string of the molecule is COc1cc2c(cc1OC)CN(C(=O)C(N)C(C)(C)C)CC2.Cl. The van der Waals surface area contributed by atoms with E-state index in [4.69, 9.17) is 15.2 Å². The molecule has 0 saturated carbocycles. The molecule has 0 radical (unpaired) electrons. The molecule has 1 aliphatic heterocycles. The van der Waals surface area contributed by atoms with Crippen LogP contribution in [0.25, 0.3) is 0 Å². The Hall–Kier alpha value is -1.46. The minimum absolute atomic E-state index is 0.